The molecule has 13 nitrogen and oxygen atoms in total. The quantitative estimate of drug-likeness (QED) is 0.189. The number of sulfonamides is 1. The predicted octanol–water partition coefficient (Wildman–Crippen LogP) is 2.07. The highest BCUT2D eigenvalue weighted by Gasteiger charge is 2.62. The molecule has 50 heavy (non-hydrogen) atoms. The van der Waals surface area contributed by atoms with Crippen LogP contribution in [-0.4, -0.2) is 85.1 Å². The Labute approximate surface area is 289 Å². The van der Waals surface area contributed by atoms with Crippen LogP contribution in [0.5, 0.6) is 11.5 Å². The highest BCUT2D eigenvalue weighted by atomic mass is 32.2. The van der Waals surface area contributed by atoms with Crippen LogP contribution in [0.3, 0.4) is 0 Å². The van der Waals surface area contributed by atoms with Crippen molar-refractivity contribution in [1.82, 2.24) is 25.2 Å². The molecule has 3 aromatic rings. The van der Waals surface area contributed by atoms with Gasteiger partial charge in [-0.15, -0.1) is 6.58 Å². The number of aromatic nitrogens is 1. The number of nitrogens with zero attached hydrogens (tertiary/aromatic N) is 2. The van der Waals surface area contributed by atoms with E-state index in [9.17, 15) is 27.6 Å². The third kappa shape index (κ3) is 7.13. The molecule has 3 N–H and O–H groups in total. The molecule has 0 bridgehead atoms. The van der Waals surface area contributed by atoms with E-state index in [2.05, 4.69) is 33.8 Å². The van der Waals surface area contributed by atoms with Gasteiger partial charge in [-0.05, 0) is 44.2 Å². The van der Waals surface area contributed by atoms with Crippen molar-refractivity contribution in [2.75, 3.05) is 20.2 Å². The summed E-state index contributed by atoms with van der Waals surface area (Å²) in [4.78, 5) is 59.0. The van der Waals surface area contributed by atoms with Gasteiger partial charge in [-0.2, -0.15) is 0 Å². The smallest absolute Gasteiger partial charge is 0.296 e. The summed E-state index contributed by atoms with van der Waals surface area (Å²) < 4.78 is 39.3. The Bertz CT molecular complexity index is 2040. The second-order valence-electron chi connectivity index (χ2n) is 12.5. The number of carbonyl (C=O) groups is 4. The Kier molecular flexibility index (Phi) is 9.53. The topological polar surface area (TPSA) is 173 Å². The Balaban J connectivity index is 1.28. The zero-order valence-electron chi connectivity index (χ0n) is 27.6. The van der Waals surface area contributed by atoms with Gasteiger partial charge < -0.3 is 25.0 Å². The number of fused-ring (bicyclic) bond motifs is 1. The SMILES string of the molecule is C=C[C@@H]1C[C@]1(NC(=O)[C@@H]1C[C@@H](Oc2cc(-c3ccccc3)nc3cc(OC)ccc23)CN1C(=O)CNC(=O)C#CC)C(=O)NS(=O)(=O)C1CC1. The highest BCUT2D eigenvalue weighted by Crippen LogP contribution is 2.45. The number of hydrogen-bond acceptors (Lipinski definition) is 9. The third-order valence-electron chi connectivity index (χ3n) is 9.12. The first-order valence-electron chi connectivity index (χ1n) is 16.2. The van der Waals surface area contributed by atoms with Crippen molar-refractivity contribution in [1.29, 1.82) is 0 Å². The van der Waals surface area contributed by atoms with Gasteiger partial charge in [-0.3, -0.25) is 23.9 Å². The summed E-state index contributed by atoms with van der Waals surface area (Å²) >= 11 is 0. The van der Waals surface area contributed by atoms with Crippen molar-refractivity contribution < 1.29 is 37.1 Å². The van der Waals surface area contributed by atoms with Gasteiger partial charge in [0.2, 0.25) is 21.8 Å². The number of carbonyl (C=O) groups excluding carboxylic acids is 4. The molecule has 2 aliphatic carbocycles. The van der Waals surface area contributed by atoms with E-state index in [0.29, 0.717) is 40.9 Å². The first-order chi connectivity index (χ1) is 24.0. The molecular formula is C36H37N5O8S. The van der Waals surface area contributed by atoms with E-state index in [1.165, 1.54) is 17.9 Å². The minimum atomic E-state index is -3.88. The highest BCUT2D eigenvalue weighted by molar-refractivity contribution is 7.91. The van der Waals surface area contributed by atoms with Crippen molar-refractivity contribution in [2.45, 2.75) is 55.5 Å². The fourth-order valence-corrected chi connectivity index (χ4v) is 7.54. The van der Waals surface area contributed by atoms with E-state index in [1.807, 2.05) is 36.4 Å². The summed E-state index contributed by atoms with van der Waals surface area (Å²) in [5.41, 5.74) is 0.560. The van der Waals surface area contributed by atoms with Crippen molar-refractivity contribution in [2.24, 2.45) is 5.92 Å². The minimum Gasteiger partial charge on any atom is -0.497 e. The number of likely N-dealkylation sites (tertiary alicyclic amines) is 1. The number of amides is 4. The molecule has 2 aromatic carbocycles. The standard InChI is InChI=1S/C36H37N5O8S/c1-4-9-32(42)37-20-33(43)41-21-25(17-30(41)34(44)39-36(19-23(36)5-2)35(45)40-50(46,47)26-13-14-26)49-31-18-28(22-10-7-6-8-11-22)38-29-16-24(48-3)12-15-27(29)31/h5-8,10-12,15-16,18,23,25-26,30H,2,13-14,17,19-21H2,1,3H3,(H,37,42)(H,39,44)(H,40,45)/t23-,25-,30+,36-/m1/s1. The lowest BCUT2D eigenvalue weighted by Crippen LogP contribution is -2.57. The molecule has 1 saturated heterocycles. The maximum atomic E-state index is 14.0. The first-order valence-corrected chi connectivity index (χ1v) is 17.7. The predicted molar refractivity (Wildman–Crippen MR) is 184 cm³/mol. The average molecular weight is 700 g/mol. The van der Waals surface area contributed by atoms with Crippen LogP contribution in [0.25, 0.3) is 22.2 Å². The second kappa shape index (κ2) is 13.8. The molecule has 2 saturated carbocycles. The third-order valence-corrected chi connectivity index (χ3v) is 10.9. The van der Waals surface area contributed by atoms with Gasteiger partial charge in [0, 0.05) is 35.4 Å². The number of benzene rings is 2. The van der Waals surface area contributed by atoms with Crippen LogP contribution in [0.1, 0.15) is 32.6 Å². The number of rotatable bonds is 12. The maximum Gasteiger partial charge on any atom is 0.296 e. The zero-order chi connectivity index (χ0) is 35.6. The summed E-state index contributed by atoms with van der Waals surface area (Å²) in [6.07, 6.45) is 1.91. The summed E-state index contributed by atoms with van der Waals surface area (Å²) in [5, 5.41) is 5.24. The molecule has 14 heteroatoms. The van der Waals surface area contributed by atoms with Gasteiger partial charge in [-0.25, -0.2) is 13.4 Å². The van der Waals surface area contributed by atoms with E-state index < -0.39 is 69.0 Å². The fourth-order valence-electron chi connectivity index (χ4n) is 6.18. The average Bonchev–Trinajstić information content (AvgIpc) is 4.04. The lowest BCUT2D eigenvalue weighted by molar-refractivity contribution is -0.139. The molecule has 4 amide bonds. The molecule has 4 atom stereocenters. The molecule has 2 heterocycles. The van der Waals surface area contributed by atoms with E-state index in [0.717, 1.165) is 5.56 Å². The van der Waals surface area contributed by atoms with Crippen LogP contribution in [-0.2, 0) is 29.2 Å². The van der Waals surface area contributed by atoms with Gasteiger partial charge in [0.05, 0.1) is 36.7 Å². The van der Waals surface area contributed by atoms with Gasteiger partial charge in [0.1, 0.15) is 29.2 Å². The van der Waals surface area contributed by atoms with Crippen LogP contribution in [0.15, 0.2) is 67.3 Å². The number of ether oxygens (including phenoxy) is 2. The van der Waals surface area contributed by atoms with Gasteiger partial charge in [-0.1, -0.05) is 42.3 Å². The largest absolute Gasteiger partial charge is 0.497 e. The van der Waals surface area contributed by atoms with Gasteiger partial charge >= 0.3 is 0 Å². The zero-order valence-corrected chi connectivity index (χ0v) is 28.4. The number of methoxy groups -OCH3 is 1. The fraction of sp³-hybridized carbons (Fsp3) is 0.361. The Morgan fingerprint density at radius 1 is 1.12 bits per heavy atom. The Hall–Kier alpha value is -5.42. The minimum absolute atomic E-state index is 0.0208. The summed E-state index contributed by atoms with van der Waals surface area (Å²) in [7, 11) is -2.32. The lowest BCUT2D eigenvalue weighted by atomic mass is 10.1. The van der Waals surface area contributed by atoms with Crippen LogP contribution in [0.2, 0.25) is 0 Å². The molecule has 0 unspecified atom stereocenters. The van der Waals surface area contributed by atoms with Crippen LogP contribution in [0.4, 0.5) is 0 Å². The molecular weight excluding hydrogens is 662 g/mol. The van der Waals surface area contributed by atoms with E-state index in [1.54, 1.807) is 25.3 Å². The van der Waals surface area contributed by atoms with Crippen molar-refractivity contribution in [3.63, 3.8) is 0 Å². The Morgan fingerprint density at radius 2 is 1.88 bits per heavy atom. The van der Waals surface area contributed by atoms with Crippen molar-refractivity contribution in [3.05, 3.63) is 67.3 Å². The number of pyridine rings is 1. The van der Waals surface area contributed by atoms with Gasteiger partial charge in [0.15, 0.2) is 0 Å². The van der Waals surface area contributed by atoms with E-state index in [4.69, 9.17) is 14.5 Å². The molecule has 0 radical (unpaired) electrons. The first kappa shape index (κ1) is 34.4. The van der Waals surface area contributed by atoms with Crippen LogP contribution in [0, 0.1) is 17.8 Å². The van der Waals surface area contributed by atoms with Gasteiger partial charge in [0.25, 0.3) is 11.8 Å². The summed E-state index contributed by atoms with van der Waals surface area (Å²) in [6.45, 7) is 4.78. The molecule has 3 aliphatic rings. The van der Waals surface area contributed by atoms with Crippen molar-refractivity contribution in [3.8, 4) is 34.6 Å². The lowest BCUT2D eigenvalue weighted by Gasteiger charge is -2.26. The number of nitrogens with one attached hydrogen (secondary N) is 3. The van der Waals surface area contributed by atoms with Crippen LogP contribution >= 0.6 is 0 Å². The molecule has 0 spiro atoms. The second-order valence-corrected chi connectivity index (χ2v) is 14.5. The molecule has 1 aliphatic heterocycles. The molecule has 260 valence electrons. The molecule has 3 fully saturated rings. The molecule has 6 rings (SSSR count). The van der Waals surface area contributed by atoms with Crippen LogP contribution < -0.4 is 24.8 Å². The van der Waals surface area contributed by atoms with Crippen molar-refractivity contribution >= 4 is 44.6 Å². The van der Waals surface area contributed by atoms with E-state index in [-0.39, 0.29) is 19.4 Å². The molecule has 1 aromatic heterocycles. The summed E-state index contributed by atoms with van der Waals surface area (Å²) in [6, 6.07) is 15.6. The Morgan fingerprint density at radius 3 is 2.54 bits per heavy atom. The maximum absolute atomic E-state index is 14.0. The van der Waals surface area contributed by atoms with E-state index >= 15 is 0 Å². The number of hydrogen-bond donors (Lipinski definition) is 3. The normalized spacial score (nSPS) is 22.4. The summed E-state index contributed by atoms with van der Waals surface area (Å²) in [5.74, 6) is 2.61. The monoisotopic (exact) mass is 699 g/mol.